The lowest BCUT2D eigenvalue weighted by Gasteiger charge is -2.15. The summed E-state index contributed by atoms with van der Waals surface area (Å²) in [4.78, 5) is 22.3. The Morgan fingerprint density at radius 3 is 3.00 bits per heavy atom. The molecular formula is C15H16F2N4O3. The van der Waals surface area contributed by atoms with E-state index in [1.165, 1.54) is 12.1 Å². The van der Waals surface area contributed by atoms with Crippen LogP contribution in [0.3, 0.4) is 0 Å². The second-order valence-corrected chi connectivity index (χ2v) is 5.48. The van der Waals surface area contributed by atoms with Crippen LogP contribution in [0.15, 0.2) is 22.7 Å². The molecule has 0 saturated carbocycles. The molecule has 1 aliphatic heterocycles. The van der Waals surface area contributed by atoms with Gasteiger partial charge in [-0.25, -0.2) is 13.8 Å². The number of aromatic nitrogens is 3. The number of hydrogen-bond acceptors (Lipinski definition) is 6. The average Bonchev–Trinajstić information content (AvgIpc) is 3.21. The van der Waals surface area contributed by atoms with Gasteiger partial charge in [-0.3, -0.25) is 4.79 Å². The molecule has 1 fully saturated rings. The Morgan fingerprint density at radius 2 is 2.29 bits per heavy atom. The number of rotatable bonds is 5. The van der Waals surface area contributed by atoms with E-state index in [1.807, 2.05) is 0 Å². The minimum atomic E-state index is -2.59. The van der Waals surface area contributed by atoms with Gasteiger partial charge in [0.15, 0.2) is 12.4 Å². The maximum Gasteiger partial charge on any atom is 0.272 e. The highest BCUT2D eigenvalue weighted by atomic mass is 19.3. The fourth-order valence-corrected chi connectivity index (χ4v) is 2.55. The van der Waals surface area contributed by atoms with Crippen LogP contribution in [-0.2, 0) is 0 Å². The van der Waals surface area contributed by atoms with E-state index in [-0.39, 0.29) is 23.4 Å². The van der Waals surface area contributed by atoms with E-state index in [4.69, 9.17) is 9.26 Å². The van der Waals surface area contributed by atoms with Gasteiger partial charge in [0.25, 0.3) is 12.3 Å². The van der Waals surface area contributed by atoms with E-state index in [2.05, 4.69) is 15.1 Å². The Bertz CT molecular complexity index is 722. The van der Waals surface area contributed by atoms with Crippen LogP contribution in [0, 0.1) is 6.92 Å². The summed E-state index contributed by atoms with van der Waals surface area (Å²) in [6, 6.07) is 4.52. The zero-order chi connectivity index (χ0) is 17.1. The molecule has 0 aliphatic carbocycles. The predicted octanol–water partition coefficient (Wildman–Crippen LogP) is 2.05. The number of alkyl halides is 2. The lowest BCUT2D eigenvalue weighted by Crippen LogP contribution is -2.29. The monoisotopic (exact) mass is 338 g/mol. The number of aryl methyl sites for hydroxylation is 1. The van der Waals surface area contributed by atoms with E-state index in [0.717, 1.165) is 6.42 Å². The lowest BCUT2D eigenvalue weighted by atomic mass is 10.1. The molecule has 7 nitrogen and oxygen atoms in total. The quantitative estimate of drug-likeness (QED) is 0.830. The topological polar surface area (TPSA) is 81.4 Å². The fourth-order valence-electron chi connectivity index (χ4n) is 2.55. The van der Waals surface area contributed by atoms with Crippen molar-refractivity contribution in [3.05, 3.63) is 35.6 Å². The number of nitrogens with zero attached hydrogens (tertiary/aromatic N) is 4. The molecule has 0 spiro atoms. The number of amides is 1. The Kier molecular flexibility index (Phi) is 4.68. The van der Waals surface area contributed by atoms with E-state index in [9.17, 15) is 13.6 Å². The van der Waals surface area contributed by atoms with E-state index >= 15 is 0 Å². The molecule has 3 rings (SSSR count). The first-order chi connectivity index (χ1) is 11.5. The summed E-state index contributed by atoms with van der Waals surface area (Å²) >= 11 is 0. The van der Waals surface area contributed by atoms with Crippen LogP contribution < -0.4 is 4.74 Å². The summed E-state index contributed by atoms with van der Waals surface area (Å²) in [7, 11) is 0. The molecule has 0 bridgehead atoms. The van der Waals surface area contributed by atoms with E-state index in [1.54, 1.807) is 17.9 Å². The minimum Gasteiger partial charge on any atom is -0.472 e. The SMILES string of the molecule is Cc1noc(C2CCN(C(=O)c3cccc(OCC(F)F)n3)C2)n1. The number of likely N-dealkylation sites (tertiary alicyclic amines) is 1. The number of ether oxygens (including phenoxy) is 1. The highest BCUT2D eigenvalue weighted by molar-refractivity contribution is 5.92. The molecule has 1 aliphatic rings. The van der Waals surface area contributed by atoms with Gasteiger partial charge in [-0.05, 0) is 19.4 Å². The van der Waals surface area contributed by atoms with Crippen molar-refractivity contribution in [2.45, 2.75) is 25.7 Å². The minimum absolute atomic E-state index is 0.00410. The summed E-state index contributed by atoms with van der Waals surface area (Å²) in [5.41, 5.74) is 0.157. The van der Waals surface area contributed by atoms with Crippen molar-refractivity contribution in [2.24, 2.45) is 0 Å². The third-order valence-electron chi connectivity index (χ3n) is 3.67. The maximum absolute atomic E-state index is 12.5. The summed E-state index contributed by atoms with van der Waals surface area (Å²) < 4.78 is 34.4. The van der Waals surface area contributed by atoms with Crippen molar-refractivity contribution in [1.82, 2.24) is 20.0 Å². The van der Waals surface area contributed by atoms with Gasteiger partial charge in [-0.15, -0.1) is 0 Å². The third-order valence-corrected chi connectivity index (χ3v) is 3.67. The molecular weight excluding hydrogens is 322 g/mol. The van der Waals surface area contributed by atoms with Crippen molar-refractivity contribution in [3.8, 4) is 5.88 Å². The van der Waals surface area contributed by atoms with Crippen LogP contribution in [0.25, 0.3) is 0 Å². The van der Waals surface area contributed by atoms with Crippen LogP contribution in [0.1, 0.15) is 34.5 Å². The summed E-state index contributed by atoms with van der Waals surface area (Å²) in [6.45, 7) is 1.96. The zero-order valence-corrected chi connectivity index (χ0v) is 13.0. The number of pyridine rings is 1. The first kappa shape index (κ1) is 16.3. The predicted molar refractivity (Wildman–Crippen MR) is 78.0 cm³/mol. The molecule has 24 heavy (non-hydrogen) atoms. The smallest absolute Gasteiger partial charge is 0.272 e. The highest BCUT2D eigenvalue weighted by Crippen LogP contribution is 2.27. The molecule has 3 heterocycles. The van der Waals surface area contributed by atoms with Gasteiger partial charge >= 0.3 is 0 Å². The normalized spacial score (nSPS) is 17.5. The first-order valence-electron chi connectivity index (χ1n) is 7.50. The highest BCUT2D eigenvalue weighted by Gasteiger charge is 2.31. The summed E-state index contributed by atoms with van der Waals surface area (Å²) in [5.74, 6) is 0.791. The standard InChI is InChI=1S/C15H16F2N4O3/c1-9-18-14(24-20-9)10-5-6-21(7-10)15(22)11-3-2-4-13(19-11)23-8-12(16)17/h2-4,10,12H,5-8H2,1H3. The Hall–Kier alpha value is -2.58. The molecule has 1 unspecified atom stereocenters. The van der Waals surface area contributed by atoms with E-state index in [0.29, 0.717) is 24.8 Å². The Labute approximate surface area is 136 Å². The Balaban J connectivity index is 1.65. The van der Waals surface area contributed by atoms with E-state index < -0.39 is 13.0 Å². The van der Waals surface area contributed by atoms with Gasteiger partial charge in [-0.2, -0.15) is 4.98 Å². The molecule has 1 amide bonds. The number of carbonyl (C=O) groups excluding carboxylic acids is 1. The molecule has 2 aromatic heterocycles. The molecule has 2 aromatic rings. The van der Waals surface area contributed by atoms with Crippen LogP contribution in [0.4, 0.5) is 8.78 Å². The molecule has 0 radical (unpaired) electrons. The van der Waals surface area contributed by atoms with Crippen molar-refractivity contribution in [3.63, 3.8) is 0 Å². The second-order valence-electron chi connectivity index (χ2n) is 5.48. The average molecular weight is 338 g/mol. The number of hydrogen-bond donors (Lipinski definition) is 0. The molecule has 0 aromatic carbocycles. The maximum atomic E-state index is 12.5. The van der Waals surface area contributed by atoms with Gasteiger partial charge in [0.05, 0.1) is 5.92 Å². The van der Waals surface area contributed by atoms with Gasteiger partial charge < -0.3 is 14.2 Å². The van der Waals surface area contributed by atoms with Crippen LogP contribution >= 0.6 is 0 Å². The largest absolute Gasteiger partial charge is 0.472 e. The first-order valence-corrected chi connectivity index (χ1v) is 7.50. The van der Waals surface area contributed by atoms with Crippen molar-refractivity contribution >= 4 is 5.91 Å². The number of halogens is 2. The molecule has 128 valence electrons. The third kappa shape index (κ3) is 3.66. The van der Waals surface area contributed by atoms with Gasteiger partial charge in [-0.1, -0.05) is 11.2 Å². The Morgan fingerprint density at radius 1 is 1.46 bits per heavy atom. The molecule has 1 atom stereocenters. The summed E-state index contributed by atoms with van der Waals surface area (Å²) in [5, 5.41) is 3.76. The fraction of sp³-hybridized carbons (Fsp3) is 0.467. The lowest BCUT2D eigenvalue weighted by molar-refractivity contribution is 0.0763. The van der Waals surface area contributed by atoms with Gasteiger partial charge in [0.2, 0.25) is 11.8 Å². The zero-order valence-electron chi connectivity index (χ0n) is 13.0. The van der Waals surface area contributed by atoms with Crippen molar-refractivity contribution in [1.29, 1.82) is 0 Å². The molecule has 0 N–H and O–H groups in total. The van der Waals surface area contributed by atoms with Gasteiger partial charge in [0, 0.05) is 19.2 Å². The molecule has 9 heteroatoms. The van der Waals surface area contributed by atoms with Crippen LogP contribution in [0.5, 0.6) is 5.88 Å². The molecule has 1 saturated heterocycles. The van der Waals surface area contributed by atoms with Crippen molar-refractivity contribution in [2.75, 3.05) is 19.7 Å². The second kappa shape index (κ2) is 6.90. The summed E-state index contributed by atoms with van der Waals surface area (Å²) in [6.07, 6.45) is -1.88. The van der Waals surface area contributed by atoms with Gasteiger partial charge in [0.1, 0.15) is 5.69 Å². The van der Waals surface area contributed by atoms with Crippen LogP contribution in [-0.4, -0.2) is 52.1 Å². The number of carbonyl (C=O) groups is 1. The van der Waals surface area contributed by atoms with Crippen LogP contribution in [0.2, 0.25) is 0 Å². The van der Waals surface area contributed by atoms with Crippen molar-refractivity contribution < 1.29 is 22.8 Å².